The van der Waals surface area contributed by atoms with Crippen molar-refractivity contribution < 1.29 is 18.0 Å². The summed E-state index contributed by atoms with van der Waals surface area (Å²) in [4.78, 5) is 18.7. The molecule has 1 fully saturated rings. The molecule has 0 spiro atoms. The van der Waals surface area contributed by atoms with E-state index in [-0.39, 0.29) is 23.5 Å². The SMILES string of the molecule is Cc1c2ccccc2nc2c1c(C(F)(F)F)nn2CC(=O)N1CCCCC1. The smallest absolute Gasteiger partial charge is 0.341 e. The molecule has 0 N–H and O–H groups in total. The number of carbonyl (C=O) groups excluding carboxylic acids is 1. The predicted molar refractivity (Wildman–Crippen MR) is 95.2 cm³/mol. The molecule has 3 heterocycles. The minimum absolute atomic E-state index is 0.0346. The van der Waals surface area contributed by atoms with Crippen molar-refractivity contribution >= 4 is 27.8 Å². The number of rotatable bonds is 2. The molecule has 8 heteroatoms. The molecule has 1 saturated heterocycles. The highest BCUT2D eigenvalue weighted by Crippen LogP contribution is 2.37. The average Bonchev–Trinajstić information content (AvgIpc) is 3.02. The largest absolute Gasteiger partial charge is 0.435 e. The van der Waals surface area contributed by atoms with Gasteiger partial charge >= 0.3 is 6.18 Å². The van der Waals surface area contributed by atoms with E-state index in [0.29, 0.717) is 29.6 Å². The Morgan fingerprint density at radius 3 is 2.56 bits per heavy atom. The highest BCUT2D eigenvalue weighted by Gasteiger charge is 2.38. The average molecular weight is 376 g/mol. The lowest BCUT2D eigenvalue weighted by Gasteiger charge is -2.26. The molecule has 0 saturated carbocycles. The molecule has 1 amide bonds. The Bertz CT molecular complexity index is 1020. The van der Waals surface area contributed by atoms with Gasteiger partial charge in [-0.25, -0.2) is 9.67 Å². The number of piperidine rings is 1. The van der Waals surface area contributed by atoms with Crippen LogP contribution in [0.3, 0.4) is 0 Å². The summed E-state index contributed by atoms with van der Waals surface area (Å²) in [7, 11) is 0. The quantitative estimate of drug-likeness (QED) is 0.681. The zero-order valence-electron chi connectivity index (χ0n) is 14.9. The standard InChI is InChI=1S/C19H19F3N4O/c1-12-13-7-3-4-8-14(13)23-18-16(12)17(19(20,21)22)24-26(18)11-15(27)25-9-5-2-6-10-25/h3-4,7-8H,2,5-6,9-11H2,1H3. The molecular formula is C19H19F3N4O. The molecule has 3 aromatic rings. The van der Waals surface area contributed by atoms with E-state index in [1.807, 2.05) is 0 Å². The van der Waals surface area contributed by atoms with Crippen LogP contribution in [0.2, 0.25) is 0 Å². The number of benzene rings is 1. The second-order valence-corrected chi connectivity index (χ2v) is 6.90. The molecule has 0 unspecified atom stereocenters. The first-order chi connectivity index (χ1) is 12.9. The summed E-state index contributed by atoms with van der Waals surface area (Å²) >= 11 is 0. The van der Waals surface area contributed by atoms with Crippen LogP contribution in [0.5, 0.6) is 0 Å². The van der Waals surface area contributed by atoms with Crippen molar-refractivity contribution in [3.63, 3.8) is 0 Å². The fraction of sp³-hybridized carbons (Fsp3) is 0.421. The van der Waals surface area contributed by atoms with Crippen LogP contribution >= 0.6 is 0 Å². The molecule has 0 aliphatic carbocycles. The first kappa shape index (κ1) is 17.8. The Morgan fingerprint density at radius 2 is 1.85 bits per heavy atom. The molecule has 1 aromatic carbocycles. The van der Waals surface area contributed by atoms with E-state index in [1.54, 1.807) is 36.1 Å². The number of alkyl halides is 3. The van der Waals surface area contributed by atoms with Crippen LogP contribution < -0.4 is 0 Å². The Kier molecular flexibility index (Phi) is 4.28. The van der Waals surface area contributed by atoms with Crippen LogP contribution in [-0.2, 0) is 17.5 Å². The normalized spacial score (nSPS) is 15.6. The summed E-state index contributed by atoms with van der Waals surface area (Å²) in [6, 6.07) is 7.04. The predicted octanol–water partition coefficient (Wildman–Crippen LogP) is 3.92. The van der Waals surface area contributed by atoms with Crippen LogP contribution in [0.4, 0.5) is 13.2 Å². The molecule has 2 aromatic heterocycles. The third-order valence-corrected chi connectivity index (χ3v) is 5.10. The van der Waals surface area contributed by atoms with Crippen LogP contribution in [0.1, 0.15) is 30.5 Å². The van der Waals surface area contributed by atoms with E-state index in [2.05, 4.69) is 10.1 Å². The fourth-order valence-electron chi connectivity index (χ4n) is 3.73. The second-order valence-electron chi connectivity index (χ2n) is 6.90. The lowest BCUT2D eigenvalue weighted by molar-refractivity contribution is -0.141. The number of aryl methyl sites for hydroxylation is 1. The van der Waals surface area contributed by atoms with Gasteiger partial charge in [0.2, 0.25) is 5.91 Å². The number of hydrogen-bond acceptors (Lipinski definition) is 3. The van der Waals surface area contributed by atoms with Crippen LogP contribution in [0.25, 0.3) is 21.9 Å². The molecule has 1 aliphatic rings. The molecule has 0 bridgehead atoms. The Hall–Kier alpha value is -2.64. The van der Waals surface area contributed by atoms with Crippen LogP contribution in [0.15, 0.2) is 24.3 Å². The third kappa shape index (κ3) is 3.13. The van der Waals surface area contributed by atoms with Crippen molar-refractivity contribution in [2.75, 3.05) is 13.1 Å². The van der Waals surface area contributed by atoms with Gasteiger partial charge < -0.3 is 4.90 Å². The topological polar surface area (TPSA) is 51.0 Å². The van der Waals surface area contributed by atoms with Crippen molar-refractivity contribution in [3.05, 3.63) is 35.5 Å². The Balaban J connectivity index is 1.86. The van der Waals surface area contributed by atoms with Crippen molar-refractivity contribution in [2.24, 2.45) is 0 Å². The summed E-state index contributed by atoms with van der Waals surface area (Å²) < 4.78 is 41.9. The van der Waals surface area contributed by atoms with Gasteiger partial charge in [-0.1, -0.05) is 18.2 Å². The summed E-state index contributed by atoms with van der Waals surface area (Å²) in [5, 5.41) is 4.38. The van der Waals surface area contributed by atoms with E-state index >= 15 is 0 Å². The number of carbonyl (C=O) groups is 1. The number of likely N-dealkylation sites (tertiary alicyclic amines) is 1. The first-order valence-electron chi connectivity index (χ1n) is 8.97. The first-order valence-corrected chi connectivity index (χ1v) is 8.97. The van der Waals surface area contributed by atoms with Crippen molar-refractivity contribution in [2.45, 2.75) is 38.9 Å². The molecule has 0 radical (unpaired) electrons. The number of pyridine rings is 1. The summed E-state index contributed by atoms with van der Waals surface area (Å²) in [6.45, 7) is 2.68. The maximum Gasteiger partial charge on any atom is 0.435 e. The summed E-state index contributed by atoms with van der Waals surface area (Å²) in [6.07, 6.45) is -1.71. The minimum Gasteiger partial charge on any atom is -0.341 e. The number of amides is 1. The summed E-state index contributed by atoms with van der Waals surface area (Å²) in [5.74, 6) is -0.222. The van der Waals surface area contributed by atoms with Gasteiger partial charge in [-0.15, -0.1) is 0 Å². The number of aromatic nitrogens is 3. The van der Waals surface area contributed by atoms with Crippen molar-refractivity contribution in [1.82, 2.24) is 19.7 Å². The lowest BCUT2D eigenvalue weighted by Crippen LogP contribution is -2.38. The van der Waals surface area contributed by atoms with Gasteiger partial charge in [0, 0.05) is 18.5 Å². The number of para-hydroxylation sites is 1. The lowest BCUT2D eigenvalue weighted by atomic mass is 10.1. The van der Waals surface area contributed by atoms with Gasteiger partial charge in [-0.05, 0) is 37.8 Å². The molecule has 4 rings (SSSR count). The maximum absolute atomic E-state index is 13.6. The van der Waals surface area contributed by atoms with E-state index in [9.17, 15) is 18.0 Å². The Labute approximate surface area is 153 Å². The maximum atomic E-state index is 13.6. The fourth-order valence-corrected chi connectivity index (χ4v) is 3.73. The van der Waals surface area contributed by atoms with Gasteiger partial charge in [0.15, 0.2) is 11.3 Å². The molecule has 1 aliphatic heterocycles. The van der Waals surface area contributed by atoms with Crippen LogP contribution in [0, 0.1) is 6.92 Å². The zero-order valence-corrected chi connectivity index (χ0v) is 14.9. The number of fused-ring (bicyclic) bond motifs is 2. The number of nitrogens with zero attached hydrogens (tertiary/aromatic N) is 4. The minimum atomic E-state index is -4.62. The van der Waals surface area contributed by atoms with Gasteiger partial charge in [0.25, 0.3) is 0 Å². The van der Waals surface area contributed by atoms with E-state index in [4.69, 9.17) is 0 Å². The van der Waals surface area contributed by atoms with Crippen LogP contribution in [-0.4, -0.2) is 38.7 Å². The highest BCUT2D eigenvalue weighted by molar-refractivity contribution is 5.97. The zero-order chi connectivity index (χ0) is 19.2. The van der Waals surface area contributed by atoms with Crippen molar-refractivity contribution in [1.29, 1.82) is 0 Å². The van der Waals surface area contributed by atoms with E-state index in [0.717, 1.165) is 23.9 Å². The molecule has 5 nitrogen and oxygen atoms in total. The second kappa shape index (κ2) is 6.51. The molecule has 27 heavy (non-hydrogen) atoms. The van der Waals surface area contributed by atoms with Gasteiger partial charge in [-0.3, -0.25) is 4.79 Å². The molecule has 142 valence electrons. The molecule has 0 atom stereocenters. The van der Waals surface area contributed by atoms with E-state index < -0.39 is 11.9 Å². The monoisotopic (exact) mass is 376 g/mol. The third-order valence-electron chi connectivity index (χ3n) is 5.10. The Morgan fingerprint density at radius 1 is 1.15 bits per heavy atom. The summed E-state index contributed by atoms with van der Waals surface area (Å²) in [5.41, 5.74) is 0.172. The van der Waals surface area contributed by atoms with Crippen molar-refractivity contribution in [3.8, 4) is 0 Å². The van der Waals surface area contributed by atoms with E-state index in [1.165, 1.54) is 0 Å². The molecular weight excluding hydrogens is 357 g/mol. The number of halogens is 3. The highest BCUT2D eigenvalue weighted by atomic mass is 19.4. The van der Waals surface area contributed by atoms with Gasteiger partial charge in [0.1, 0.15) is 6.54 Å². The van der Waals surface area contributed by atoms with Gasteiger partial charge in [0.05, 0.1) is 10.9 Å². The number of hydrogen-bond donors (Lipinski definition) is 0. The van der Waals surface area contributed by atoms with Gasteiger partial charge in [-0.2, -0.15) is 18.3 Å².